The fourth-order valence-corrected chi connectivity index (χ4v) is 4.58. The summed E-state index contributed by atoms with van der Waals surface area (Å²) in [7, 11) is 0. The Bertz CT molecular complexity index is 1050. The minimum Gasteiger partial charge on any atom is -0.481 e. The first-order valence-electron chi connectivity index (χ1n) is 9.64. The summed E-state index contributed by atoms with van der Waals surface area (Å²) >= 11 is 1.75. The summed E-state index contributed by atoms with van der Waals surface area (Å²) in [4.78, 5) is 12.4. The molecule has 0 atom stereocenters. The van der Waals surface area contributed by atoms with Gasteiger partial charge in [-0.05, 0) is 84.6 Å². The van der Waals surface area contributed by atoms with Crippen LogP contribution in [0, 0.1) is 12.7 Å². The molecule has 0 amide bonds. The maximum absolute atomic E-state index is 13.9. The zero-order chi connectivity index (χ0) is 20.4. The fourth-order valence-electron chi connectivity index (χ4n) is 3.59. The van der Waals surface area contributed by atoms with Crippen LogP contribution in [0.4, 0.5) is 4.39 Å². The summed E-state index contributed by atoms with van der Waals surface area (Å²) in [6.45, 7) is 4.03. The molecule has 1 aliphatic rings. The SMILES string of the molecule is Cc1c(CC(=O)O)cc2ccc(F)cc2c1Oc1ccc(SN2CCCC2)cc1. The van der Waals surface area contributed by atoms with Crippen molar-refractivity contribution < 1.29 is 19.0 Å². The van der Waals surface area contributed by atoms with Crippen LogP contribution in [0.5, 0.6) is 11.5 Å². The maximum atomic E-state index is 13.9. The smallest absolute Gasteiger partial charge is 0.307 e. The number of aliphatic carboxylic acids is 1. The molecular formula is C23H22FNO3S. The summed E-state index contributed by atoms with van der Waals surface area (Å²) in [6, 6.07) is 14.1. The van der Waals surface area contributed by atoms with Gasteiger partial charge in [0.2, 0.25) is 0 Å². The quantitative estimate of drug-likeness (QED) is 0.519. The monoisotopic (exact) mass is 411 g/mol. The molecule has 4 rings (SSSR count). The topological polar surface area (TPSA) is 49.8 Å². The van der Waals surface area contributed by atoms with Crippen LogP contribution in [-0.4, -0.2) is 28.5 Å². The third-order valence-corrected chi connectivity index (χ3v) is 6.20. The number of ether oxygens (including phenoxy) is 1. The molecule has 150 valence electrons. The molecule has 1 aliphatic heterocycles. The number of fused-ring (bicyclic) bond motifs is 1. The molecule has 29 heavy (non-hydrogen) atoms. The Morgan fingerprint density at radius 3 is 2.55 bits per heavy atom. The van der Waals surface area contributed by atoms with Crippen LogP contribution < -0.4 is 4.74 Å². The number of carbonyl (C=O) groups is 1. The lowest BCUT2D eigenvalue weighted by atomic mass is 9.98. The molecule has 0 radical (unpaired) electrons. The number of rotatable bonds is 6. The van der Waals surface area contributed by atoms with Crippen molar-refractivity contribution in [3.05, 3.63) is 65.5 Å². The van der Waals surface area contributed by atoms with E-state index in [2.05, 4.69) is 4.31 Å². The van der Waals surface area contributed by atoms with Gasteiger partial charge in [0.05, 0.1) is 6.42 Å². The van der Waals surface area contributed by atoms with Crippen molar-refractivity contribution in [1.29, 1.82) is 0 Å². The molecule has 0 spiro atoms. The van der Waals surface area contributed by atoms with Crippen LogP contribution in [0.2, 0.25) is 0 Å². The fraction of sp³-hybridized carbons (Fsp3) is 0.261. The molecular weight excluding hydrogens is 389 g/mol. The van der Waals surface area contributed by atoms with E-state index in [1.165, 1.54) is 25.0 Å². The largest absolute Gasteiger partial charge is 0.481 e. The number of carboxylic acids is 1. The van der Waals surface area contributed by atoms with Gasteiger partial charge in [0.15, 0.2) is 0 Å². The summed E-state index contributed by atoms with van der Waals surface area (Å²) in [6.07, 6.45) is 2.37. The minimum absolute atomic E-state index is 0.110. The van der Waals surface area contributed by atoms with Crippen molar-refractivity contribution >= 4 is 28.7 Å². The van der Waals surface area contributed by atoms with Crippen molar-refractivity contribution in [2.45, 2.75) is 31.1 Å². The van der Waals surface area contributed by atoms with Crippen LogP contribution in [-0.2, 0) is 11.2 Å². The summed E-state index contributed by atoms with van der Waals surface area (Å²) in [5.74, 6) is -0.135. The van der Waals surface area contributed by atoms with Gasteiger partial charge in [0.25, 0.3) is 0 Å². The van der Waals surface area contributed by atoms with Gasteiger partial charge in [0, 0.05) is 23.4 Å². The number of halogens is 1. The average molecular weight is 411 g/mol. The number of benzene rings is 3. The highest BCUT2D eigenvalue weighted by Gasteiger charge is 2.16. The second-order valence-corrected chi connectivity index (χ2v) is 8.40. The van der Waals surface area contributed by atoms with Crippen molar-refractivity contribution in [2.24, 2.45) is 0 Å². The molecule has 3 aromatic carbocycles. The third kappa shape index (κ3) is 4.54. The normalized spacial score (nSPS) is 14.4. The van der Waals surface area contributed by atoms with Crippen molar-refractivity contribution in [2.75, 3.05) is 13.1 Å². The van der Waals surface area contributed by atoms with E-state index in [9.17, 15) is 14.3 Å². The third-order valence-electron chi connectivity index (χ3n) is 5.10. The molecule has 0 saturated carbocycles. The van der Waals surface area contributed by atoms with E-state index >= 15 is 0 Å². The van der Waals surface area contributed by atoms with Gasteiger partial charge in [-0.15, -0.1) is 0 Å². The van der Waals surface area contributed by atoms with Gasteiger partial charge in [-0.1, -0.05) is 12.1 Å². The Labute approximate surface area is 173 Å². The molecule has 1 heterocycles. The molecule has 0 unspecified atom stereocenters. The van der Waals surface area contributed by atoms with Crippen LogP contribution in [0.1, 0.15) is 24.0 Å². The number of carboxylic acid groups (broad SMARTS) is 1. The Hall–Kier alpha value is -2.57. The lowest BCUT2D eigenvalue weighted by molar-refractivity contribution is -0.136. The first kappa shape index (κ1) is 19.7. The molecule has 1 N–H and O–H groups in total. The summed E-state index contributed by atoms with van der Waals surface area (Å²) < 4.78 is 22.4. The predicted molar refractivity (Wildman–Crippen MR) is 113 cm³/mol. The first-order valence-corrected chi connectivity index (χ1v) is 10.4. The number of hydrogen-bond acceptors (Lipinski definition) is 4. The minimum atomic E-state index is -0.913. The Balaban J connectivity index is 1.66. The van der Waals surface area contributed by atoms with E-state index in [0.717, 1.165) is 23.4 Å². The highest BCUT2D eigenvalue weighted by Crippen LogP contribution is 2.37. The van der Waals surface area contributed by atoms with Crippen LogP contribution in [0.25, 0.3) is 10.8 Å². The van der Waals surface area contributed by atoms with Gasteiger partial charge < -0.3 is 9.84 Å². The molecule has 1 saturated heterocycles. The van der Waals surface area contributed by atoms with E-state index in [1.54, 1.807) is 24.1 Å². The second-order valence-electron chi connectivity index (χ2n) is 7.23. The van der Waals surface area contributed by atoms with Gasteiger partial charge in [-0.2, -0.15) is 0 Å². The Morgan fingerprint density at radius 1 is 1.14 bits per heavy atom. The molecule has 1 fully saturated rings. The van der Waals surface area contributed by atoms with E-state index in [-0.39, 0.29) is 12.2 Å². The highest BCUT2D eigenvalue weighted by atomic mass is 32.2. The van der Waals surface area contributed by atoms with Crippen LogP contribution >= 0.6 is 11.9 Å². The first-order chi connectivity index (χ1) is 14.0. The summed E-state index contributed by atoms with van der Waals surface area (Å²) in [5.41, 5.74) is 1.37. The van der Waals surface area contributed by atoms with E-state index in [0.29, 0.717) is 28.0 Å². The van der Waals surface area contributed by atoms with Crippen molar-refractivity contribution in [1.82, 2.24) is 4.31 Å². The lowest BCUT2D eigenvalue weighted by Gasteiger charge is -2.16. The molecule has 3 aromatic rings. The van der Waals surface area contributed by atoms with E-state index in [4.69, 9.17) is 4.74 Å². The zero-order valence-corrected chi connectivity index (χ0v) is 17.0. The Kier molecular flexibility index (Phi) is 5.74. The number of nitrogens with zero attached hydrogens (tertiary/aromatic N) is 1. The van der Waals surface area contributed by atoms with Crippen LogP contribution in [0.3, 0.4) is 0 Å². The van der Waals surface area contributed by atoms with Gasteiger partial charge in [0.1, 0.15) is 17.3 Å². The average Bonchev–Trinajstić information content (AvgIpc) is 3.19. The van der Waals surface area contributed by atoms with Gasteiger partial charge >= 0.3 is 5.97 Å². The Morgan fingerprint density at radius 2 is 1.86 bits per heavy atom. The maximum Gasteiger partial charge on any atom is 0.307 e. The van der Waals surface area contributed by atoms with Gasteiger partial charge in [-0.3, -0.25) is 4.79 Å². The molecule has 6 heteroatoms. The van der Waals surface area contributed by atoms with Gasteiger partial charge in [-0.25, -0.2) is 8.70 Å². The standard InChI is InChI=1S/C23H22FNO3S/c1-15-17(13-22(26)27)12-16-4-5-18(24)14-21(16)23(15)28-19-6-8-20(9-7-19)29-25-10-2-3-11-25/h4-9,12,14H,2-3,10-11,13H2,1H3,(H,26,27). The van der Waals surface area contributed by atoms with Crippen LogP contribution in [0.15, 0.2) is 53.4 Å². The summed E-state index contributed by atoms with van der Waals surface area (Å²) in [5, 5.41) is 10.6. The molecule has 4 nitrogen and oxygen atoms in total. The second kappa shape index (κ2) is 8.43. The van der Waals surface area contributed by atoms with Crippen molar-refractivity contribution in [3.63, 3.8) is 0 Å². The predicted octanol–water partition coefficient (Wildman–Crippen LogP) is 5.81. The lowest BCUT2D eigenvalue weighted by Crippen LogP contribution is -2.08. The zero-order valence-electron chi connectivity index (χ0n) is 16.2. The number of hydrogen-bond donors (Lipinski definition) is 1. The van der Waals surface area contributed by atoms with E-state index in [1.807, 2.05) is 31.2 Å². The molecule has 0 bridgehead atoms. The van der Waals surface area contributed by atoms with Crippen molar-refractivity contribution in [3.8, 4) is 11.5 Å². The highest BCUT2D eigenvalue weighted by molar-refractivity contribution is 7.97. The molecule has 0 aromatic heterocycles. The molecule has 0 aliphatic carbocycles. The van der Waals surface area contributed by atoms with E-state index < -0.39 is 5.97 Å².